The van der Waals surface area contributed by atoms with E-state index in [0.29, 0.717) is 6.42 Å². The van der Waals surface area contributed by atoms with Crippen molar-refractivity contribution >= 4 is 16.0 Å². The molecular weight excluding hydrogens is 270 g/mol. The van der Waals surface area contributed by atoms with Crippen LogP contribution in [0.2, 0.25) is 0 Å². The third-order valence-electron chi connectivity index (χ3n) is 2.92. The third-order valence-corrected chi connectivity index (χ3v) is 4.52. The van der Waals surface area contributed by atoms with Crippen molar-refractivity contribution in [2.45, 2.75) is 45.1 Å². The molecule has 1 heterocycles. The van der Waals surface area contributed by atoms with Crippen LogP contribution in [0.15, 0.2) is 15.4 Å². The van der Waals surface area contributed by atoms with Gasteiger partial charge in [0.25, 0.3) is 0 Å². The molecule has 0 saturated carbocycles. The number of sulfonamides is 1. The lowest BCUT2D eigenvalue weighted by molar-refractivity contribution is 0.0661. The Balaban J connectivity index is 3.10. The Bertz CT molecular complexity index is 559. The Hall–Kier alpha value is -1.34. The largest absolute Gasteiger partial charge is 0.475 e. The van der Waals surface area contributed by atoms with E-state index in [1.54, 1.807) is 0 Å². The van der Waals surface area contributed by atoms with E-state index in [-0.39, 0.29) is 28.4 Å². The van der Waals surface area contributed by atoms with E-state index in [4.69, 9.17) is 9.52 Å². The van der Waals surface area contributed by atoms with Crippen molar-refractivity contribution in [3.05, 3.63) is 17.6 Å². The summed E-state index contributed by atoms with van der Waals surface area (Å²) in [6.45, 7) is 7.15. The summed E-state index contributed by atoms with van der Waals surface area (Å²) in [5.74, 6) is -1.45. The van der Waals surface area contributed by atoms with Gasteiger partial charge < -0.3 is 9.52 Å². The van der Waals surface area contributed by atoms with Crippen LogP contribution in [0.1, 0.15) is 43.5 Å². The van der Waals surface area contributed by atoms with E-state index < -0.39 is 16.0 Å². The Labute approximate surface area is 112 Å². The Morgan fingerprint density at radius 1 is 1.47 bits per heavy atom. The molecule has 0 aliphatic rings. The second-order valence-electron chi connectivity index (χ2n) is 4.72. The number of furan rings is 1. The van der Waals surface area contributed by atoms with Crippen LogP contribution in [0, 0.1) is 12.8 Å². The maximum atomic E-state index is 12.2. The Kier molecular flexibility index (Phi) is 4.75. The van der Waals surface area contributed by atoms with Gasteiger partial charge in [0.1, 0.15) is 10.7 Å². The molecule has 1 atom stereocenters. The van der Waals surface area contributed by atoms with Crippen LogP contribution >= 0.6 is 0 Å². The molecule has 1 aromatic heterocycles. The molecular formula is C12H19NO5S. The topological polar surface area (TPSA) is 96.6 Å². The number of rotatable bonds is 6. The van der Waals surface area contributed by atoms with Crippen LogP contribution < -0.4 is 4.72 Å². The minimum absolute atomic E-state index is 0.0727. The first-order valence-corrected chi connectivity index (χ1v) is 7.53. The number of hydrogen-bond acceptors (Lipinski definition) is 4. The van der Waals surface area contributed by atoms with Gasteiger partial charge in [-0.3, -0.25) is 0 Å². The first-order chi connectivity index (χ1) is 8.69. The number of carbonyl (C=O) groups is 1. The number of carboxylic acids is 1. The summed E-state index contributed by atoms with van der Waals surface area (Å²) in [5.41, 5.74) is 0. The lowest BCUT2D eigenvalue weighted by atomic mass is 10.0. The van der Waals surface area contributed by atoms with E-state index in [1.165, 1.54) is 6.92 Å². The van der Waals surface area contributed by atoms with Crippen LogP contribution in [-0.4, -0.2) is 25.5 Å². The molecule has 0 radical (unpaired) electrons. The van der Waals surface area contributed by atoms with Crippen molar-refractivity contribution in [1.82, 2.24) is 4.72 Å². The Morgan fingerprint density at radius 3 is 2.42 bits per heavy atom. The highest BCUT2D eigenvalue weighted by Crippen LogP contribution is 2.21. The number of carboxylic acid groups (broad SMARTS) is 1. The molecule has 0 aliphatic carbocycles. The molecule has 0 aromatic carbocycles. The molecule has 1 rings (SSSR count). The number of nitrogens with one attached hydrogen (secondary N) is 1. The Morgan fingerprint density at radius 2 is 2.05 bits per heavy atom. The smallest absolute Gasteiger partial charge is 0.371 e. The summed E-state index contributed by atoms with van der Waals surface area (Å²) in [6, 6.07) is 0.833. The molecule has 0 aliphatic heterocycles. The second kappa shape index (κ2) is 5.75. The van der Waals surface area contributed by atoms with Crippen molar-refractivity contribution < 1.29 is 22.7 Å². The standard InChI is InChI=1S/C12H19NO5S/c1-5-9(7(2)3)13-19(16,17)11-6-10(12(14)15)18-8(11)4/h6-7,9,13H,5H2,1-4H3,(H,14,15). The van der Waals surface area contributed by atoms with Crippen molar-refractivity contribution in [2.75, 3.05) is 0 Å². The fourth-order valence-electron chi connectivity index (χ4n) is 1.79. The number of aromatic carboxylic acids is 1. The summed E-state index contributed by atoms with van der Waals surface area (Å²) < 4.78 is 31.9. The van der Waals surface area contributed by atoms with Gasteiger partial charge in [0, 0.05) is 12.1 Å². The molecule has 1 aromatic rings. The predicted molar refractivity (Wildman–Crippen MR) is 69.6 cm³/mol. The summed E-state index contributed by atoms with van der Waals surface area (Å²) in [7, 11) is -3.77. The van der Waals surface area contributed by atoms with E-state index in [2.05, 4.69) is 4.72 Å². The summed E-state index contributed by atoms with van der Waals surface area (Å²) >= 11 is 0. The van der Waals surface area contributed by atoms with Crippen molar-refractivity contribution in [3.63, 3.8) is 0 Å². The summed E-state index contributed by atoms with van der Waals surface area (Å²) in [4.78, 5) is 10.6. The average Bonchev–Trinajstić information content (AvgIpc) is 2.68. The second-order valence-corrected chi connectivity index (χ2v) is 6.40. The molecule has 2 N–H and O–H groups in total. The van der Waals surface area contributed by atoms with Gasteiger partial charge in [-0.05, 0) is 19.3 Å². The number of aryl methyl sites for hydroxylation is 1. The zero-order valence-corrected chi connectivity index (χ0v) is 12.2. The van der Waals surface area contributed by atoms with Gasteiger partial charge in [0.2, 0.25) is 15.8 Å². The van der Waals surface area contributed by atoms with Gasteiger partial charge in [-0.2, -0.15) is 0 Å². The molecule has 7 heteroatoms. The maximum absolute atomic E-state index is 12.2. The van der Waals surface area contributed by atoms with Gasteiger partial charge in [0.05, 0.1) is 0 Å². The van der Waals surface area contributed by atoms with E-state index in [0.717, 1.165) is 6.07 Å². The molecule has 108 valence electrons. The molecule has 19 heavy (non-hydrogen) atoms. The van der Waals surface area contributed by atoms with Gasteiger partial charge in [-0.15, -0.1) is 0 Å². The lowest BCUT2D eigenvalue weighted by Crippen LogP contribution is -2.38. The van der Waals surface area contributed by atoms with Crippen molar-refractivity contribution in [2.24, 2.45) is 5.92 Å². The molecule has 0 amide bonds. The lowest BCUT2D eigenvalue weighted by Gasteiger charge is -2.20. The SMILES string of the molecule is CCC(NS(=O)(=O)c1cc(C(=O)O)oc1C)C(C)C. The minimum Gasteiger partial charge on any atom is -0.475 e. The number of hydrogen-bond donors (Lipinski definition) is 2. The van der Waals surface area contributed by atoms with E-state index >= 15 is 0 Å². The fourth-order valence-corrected chi connectivity index (χ4v) is 3.44. The zero-order valence-electron chi connectivity index (χ0n) is 11.4. The minimum atomic E-state index is -3.77. The van der Waals surface area contributed by atoms with Gasteiger partial charge >= 0.3 is 5.97 Å². The van der Waals surface area contributed by atoms with Crippen LogP contribution in [0.25, 0.3) is 0 Å². The van der Waals surface area contributed by atoms with Crippen LogP contribution in [0.4, 0.5) is 0 Å². The molecule has 0 fully saturated rings. The summed E-state index contributed by atoms with van der Waals surface area (Å²) in [6.07, 6.45) is 0.652. The molecule has 0 saturated heterocycles. The van der Waals surface area contributed by atoms with E-state index in [1.807, 2.05) is 20.8 Å². The first kappa shape index (κ1) is 15.7. The molecule has 6 nitrogen and oxygen atoms in total. The third kappa shape index (κ3) is 3.57. The van der Waals surface area contributed by atoms with Crippen LogP contribution in [-0.2, 0) is 10.0 Å². The quantitative estimate of drug-likeness (QED) is 0.835. The molecule has 0 bridgehead atoms. The van der Waals surface area contributed by atoms with Crippen LogP contribution in [0.3, 0.4) is 0 Å². The molecule has 1 unspecified atom stereocenters. The van der Waals surface area contributed by atoms with Gasteiger partial charge in [0.15, 0.2) is 0 Å². The average molecular weight is 289 g/mol. The summed E-state index contributed by atoms with van der Waals surface area (Å²) in [5, 5.41) is 8.80. The normalized spacial score (nSPS) is 13.7. The predicted octanol–water partition coefficient (Wildman–Crippen LogP) is 2.00. The first-order valence-electron chi connectivity index (χ1n) is 6.05. The monoisotopic (exact) mass is 289 g/mol. The van der Waals surface area contributed by atoms with Crippen LogP contribution in [0.5, 0.6) is 0 Å². The fraction of sp³-hybridized carbons (Fsp3) is 0.583. The maximum Gasteiger partial charge on any atom is 0.371 e. The zero-order chi connectivity index (χ0) is 14.8. The van der Waals surface area contributed by atoms with Gasteiger partial charge in [-0.1, -0.05) is 20.8 Å². The van der Waals surface area contributed by atoms with Crippen molar-refractivity contribution in [1.29, 1.82) is 0 Å². The van der Waals surface area contributed by atoms with Crippen molar-refractivity contribution in [3.8, 4) is 0 Å². The van der Waals surface area contributed by atoms with Gasteiger partial charge in [-0.25, -0.2) is 17.9 Å². The molecule has 0 spiro atoms. The highest BCUT2D eigenvalue weighted by molar-refractivity contribution is 7.89. The highest BCUT2D eigenvalue weighted by Gasteiger charge is 2.26. The highest BCUT2D eigenvalue weighted by atomic mass is 32.2. The van der Waals surface area contributed by atoms with E-state index in [9.17, 15) is 13.2 Å².